The molecule has 0 bridgehead atoms. The van der Waals surface area contributed by atoms with Gasteiger partial charge in [0, 0.05) is 55.6 Å². The second-order valence-electron chi connectivity index (χ2n) is 8.96. The largest absolute Gasteiger partial charge is 0.341 e. The van der Waals surface area contributed by atoms with Crippen molar-refractivity contribution in [2.75, 3.05) is 18.4 Å². The normalized spacial score (nSPS) is 20.0. The van der Waals surface area contributed by atoms with Gasteiger partial charge in [-0.25, -0.2) is 9.78 Å². The Labute approximate surface area is 181 Å². The number of carbonyl (C=O) groups excluding carboxylic acids is 2. The Morgan fingerprint density at radius 2 is 2.07 bits per heavy atom. The first-order chi connectivity index (χ1) is 14.2. The monoisotopic (exact) mass is 430 g/mol. The number of nitrogens with zero attached hydrogens (tertiary/aromatic N) is 4. The molecule has 1 fully saturated rings. The maximum Gasteiger partial charge on any atom is 0.320 e. The number of hydrogen-bond donors (Lipinski definition) is 2. The molecule has 30 heavy (non-hydrogen) atoms. The number of nitrogens with one attached hydrogen (secondary N) is 2. The number of pyridine rings is 1. The van der Waals surface area contributed by atoms with Gasteiger partial charge in [-0.1, -0.05) is 25.4 Å². The minimum absolute atomic E-state index is 0.0304. The lowest BCUT2D eigenvalue weighted by Crippen LogP contribution is -2.50. The molecule has 3 amide bonds. The number of halogens is 1. The summed E-state index contributed by atoms with van der Waals surface area (Å²) in [5.74, 6) is 0.450. The van der Waals surface area contributed by atoms with E-state index < -0.39 is 0 Å². The van der Waals surface area contributed by atoms with Crippen molar-refractivity contribution in [3.8, 4) is 11.1 Å². The van der Waals surface area contributed by atoms with E-state index in [0.717, 1.165) is 49.2 Å². The lowest BCUT2D eigenvalue weighted by atomic mass is 9.89. The van der Waals surface area contributed by atoms with Crippen LogP contribution in [0, 0.1) is 5.41 Å². The molecule has 2 N–H and O–H groups in total. The lowest BCUT2D eigenvalue weighted by Gasteiger charge is -2.32. The summed E-state index contributed by atoms with van der Waals surface area (Å²) in [5.41, 5.74) is 3.09. The third-order valence-corrected chi connectivity index (χ3v) is 6.06. The number of likely N-dealkylation sites (tertiary alicyclic amines) is 1. The van der Waals surface area contributed by atoms with Crippen LogP contribution in [-0.2, 0) is 17.8 Å². The minimum Gasteiger partial charge on any atom is -0.341 e. The number of fused-ring (bicyclic) bond motifs is 1. The second kappa shape index (κ2) is 7.91. The van der Waals surface area contributed by atoms with Crippen LogP contribution in [-0.4, -0.2) is 50.7 Å². The van der Waals surface area contributed by atoms with Crippen molar-refractivity contribution >= 4 is 29.4 Å². The number of rotatable bonds is 3. The van der Waals surface area contributed by atoms with Gasteiger partial charge in [0.2, 0.25) is 5.91 Å². The number of hydrogen-bond acceptors (Lipinski definition) is 4. The zero-order valence-corrected chi connectivity index (χ0v) is 18.3. The van der Waals surface area contributed by atoms with Crippen LogP contribution in [0.2, 0.25) is 5.02 Å². The van der Waals surface area contributed by atoms with E-state index in [1.165, 1.54) is 0 Å². The molecule has 1 atom stereocenters. The van der Waals surface area contributed by atoms with E-state index in [0.29, 0.717) is 17.4 Å². The standard InChI is InChI=1S/C21H27ClN6O2/c1-13(29)27-6-4-5-14(11-27)25-20(30)26-19-7-15(17(22)10-23-19)16-9-24-28-12-21(2,3)8-18(16)28/h7,9-10,14H,4-6,8,11-12H2,1-3H3,(H2,23,25,26,30). The van der Waals surface area contributed by atoms with Crippen molar-refractivity contribution in [2.24, 2.45) is 5.41 Å². The van der Waals surface area contributed by atoms with E-state index in [4.69, 9.17) is 11.6 Å². The third-order valence-electron chi connectivity index (χ3n) is 5.76. The van der Waals surface area contributed by atoms with Gasteiger partial charge in [0.05, 0.1) is 11.2 Å². The van der Waals surface area contributed by atoms with Gasteiger partial charge in [0.1, 0.15) is 5.82 Å². The molecule has 0 radical (unpaired) electrons. The second-order valence-corrected chi connectivity index (χ2v) is 9.36. The maximum atomic E-state index is 12.5. The van der Waals surface area contributed by atoms with Crippen LogP contribution in [0.3, 0.4) is 0 Å². The minimum atomic E-state index is -0.340. The van der Waals surface area contributed by atoms with Crippen LogP contribution < -0.4 is 10.6 Å². The molecule has 0 aromatic carbocycles. The van der Waals surface area contributed by atoms with E-state index in [-0.39, 0.29) is 23.4 Å². The van der Waals surface area contributed by atoms with Crippen LogP contribution in [0.15, 0.2) is 18.5 Å². The number of carbonyl (C=O) groups is 2. The molecule has 8 nitrogen and oxygen atoms in total. The first kappa shape index (κ1) is 20.7. The summed E-state index contributed by atoms with van der Waals surface area (Å²) in [4.78, 5) is 30.1. The molecule has 2 aromatic heterocycles. The molecule has 1 unspecified atom stereocenters. The average molecular weight is 431 g/mol. The van der Waals surface area contributed by atoms with E-state index in [1.807, 2.05) is 10.9 Å². The Morgan fingerprint density at radius 3 is 2.83 bits per heavy atom. The predicted octanol–water partition coefficient (Wildman–Crippen LogP) is 3.31. The molecule has 1 saturated heterocycles. The van der Waals surface area contributed by atoms with Gasteiger partial charge in [-0.15, -0.1) is 0 Å². The molecule has 2 aliphatic heterocycles. The van der Waals surface area contributed by atoms with Crippen molar-refractivity contribution in [3.63, 3.8) is 0 Å². The van der Waals surface area contributed by atoms with Crippen molar-refractivity contribution in [1.29, 1.82) is 0 Å². The Balaban J connectivity index is 1.47. The highest BCUT2D eigenvalue weighted by Gasteiger charge is 2.32. The first-order valence-corrected chi connectivity index (χ1v) is 10.6. The smallest absolute Gasteiger partial charge is 0.320 e. The summed E-state index contributed by atoms with van der Waals surface area (Å²) >= 11 is 6.43. The fourth-order valence-electron chi connectivity index (χ4n) is 4.31. The molecular formula is C21H27ClN6O2. The molecule has 0 spiro atoms. The molecule has 4 rings (SSSR count). The van der Waals surface area contributed by atoms with Crippen molar-refractivity contribution in [2.45, 2.75) is 52.6 Å². The summed E-state index contributed by atoms with van der Waals surface area (Å²) in [6.45, 7) is 8.13. The Bertz CT molecular complexity index is 986. The zero-order valence-electron chi connectivity index (χ0n) is 17.5. The zero-order chi connectivity index (χ0) is 21.5. The maximum absolute atomic E-state index is 12.5. The average Bonchev–Trinajstić information content (AvgIpc) is 3.18. The molecular weight excluding hydrogens is 404 g/mol. The Morgan fingerprint density at radius 1 is 1.27 bits per heavy atom. The number of aromatic nitrogens is 3. The van der Waals surface area contributed by atoms with Gasteiger partial charge in [0.25, 0.3) is 0 Å². The van der Waals surface area contributed by atoms with Crippen molar-refractivity contribution in [3.05, 3.63) is 29.2 Å². The number of piperidine rings is 1. The first-order valence-electron chi connectivity index (χ1n) is 10.3. The highest BCUT2D eigenvalue weighted by atomic mass is 35.5. The van der Waals surface area contributed by atoms with Crippen LogP contribution in [0.4, 0.5) is 10.6 Å². The number of anilines is 1. The Kier molecular flexibility index (Phi) is 5.44. The van der Waals surface area contributed by atoms with Crippen LogP contribution >= 0.6 is 11.6 Å². The lowest BCUT2D eigenvalue weighted by molar-refractivity contribution is -0.130. The molecule has 160 valence electrons. The highest BCUT2D eigenvalue weighted by Crippen LogP contribution is 2.39. The van der Waals surface area contributed by atoms with Gasteiger partial charge in [-0.05, 0) is 30.7 Å². The fraction of sp³-hybridized carbons (Fsp3) is 0.524. The molecule has 0 saturated carbocycles. The van der Waals surface area contributed by atoms with Crippen LogP contribution in [0.5, 0.6) is 0 Å². The summed E-state index contributed by atoms with van der Waals surface area (Å²) in [7, 11) is 0. The van der Waals surface area contributed by atoms with Crippen molar-refractivity contribution in [1.82, 2.24) is 25.0 Å². The van der Waals surface area contributed by atoms with Gasteiger partial charge < -0.3 is 10.2 Å². The van der Waals surface area contributed by atoms with E-state index in [2.05, 4.69) is 34.6 Å². The third kappa shape index (κ3) is 4.28. The summed E-state index contributed by atoms with van der Waals surface area (Å²) in [6, 6.07) is 1.37. The van der Waals surface area contributed by atoms with Crippen molar-refractivity contribution < 1.29 is 9.59 Å². The molecule has 4 heterocycles. The molecule has 2 aromatic rings. The fourth-order valence-corrected chi connectivity index (χ4v) is 4.51. The summed E-state index contributed by atoms with van der Waals surface area (Å²) in [5, 5.41) is 10.8. The number of urea groups is 1. The quantitative estimate of drug-likeness (QED) is 0.781. The molecule has 9 heteroatoms. The van der Waals surface area contributed by atoms with E-state index in [9.17, 15) is 9.59 Å². The summed E-state index contributed by atoms with van der Waals surface area (Å²) in [6.07, 6.45) is 6.01. The summed E-state index contributed by atoms with van der Waals surface area (Å²) < 4.78 is 2.02. The van der Waals surface area contributed by atoms with Gasteiger partial charge in [0.15, 0.2) is 0 Å². The van der Waals surface area contributed by atoms with Crippen LogP contribution in [0.1, 0.15) is 39.3 Å². The van der Waals surface area contributed by atoms with Gasteiger partial charge in [-0.3, -0.25) is 14.8 Å². The van der Waals surface area contributed by atoms with Gasteiger partial charge >= 0.3 is 6.03 Å². The SMILES string of the molecule is CC(=O)N1CCCC(NC(=O)Nc2cc(-c3cnn4c3CC(C)(C)C4)c(Cl)cn2)C1. The van der Waals surface area contributed by atoms with E-state index in [1.54, 1.807) is 24.1 Å². The topological polar surface area (TPSA) is 92.2 Å². The van der Waals surface area contributed by atoms with Gasteiger partial charge in [-0.2, -0.15) is 5.10 Å². The van der Waals surface area contributed by atoms with Crippen LogP contribution in [0.25, 0.3) is 11.1 Å². The Hall–Kier alpha value is -2.61. The molecule has 2 aliphatic rings. The molecule has 0 aliphatic carbocycles. The highest BCUT2D eigenvalue weighted by molar-refractivity contribution is 6.33. The van der Waals surface area contributed by atoms with E-state index >= 15 is 0 Å². The number of amides is 3. The predicted molar refractivity (Wildman–Crippen MR) is 115 cm³/mol.